The highest BCUT2D eigenvalue weighted by atomic mass is 31.2. The Bertz CT molecular complexity index is 1110. The fraction of sp³-hybridized carbons (Fsp3) is 0.800. The van der Waals surface area contributed by atoms with E-state index in [0.29, 0.717) is 25.2 Å². The maximum absolute atomic E-state index is 13.8. The third-order valence-electron chi connectivity index (χ3n) is 6.75. The minimum atomic E-state index is -2.92. The van der Waals surface area contributed by atoms with E-state index >= 15 is 0 Å². The largest absolute Gasteiger partial charge is 0.324 e. The Morgan fingerprint density at radius 2 is 0.632 bits per heavy atom. The van der Waals surface area contributed by atoms with E-state index in [1.807, 2.05) is 37.3 Å². The third kappa shape index (κ3) is 15.7. The van der Waals surface area contributed by atoms with Crippen molar-refractivity contribution in [1.82, 2.24) is 0 Å². The van der Waals surface area contributed by atoms with Crippen LogP contribution in [0.3, 0.4) is 0 Å². The van der Waals surface area contributed by atoms with Gasteiger partial charge in [-0.3, -0.25) is 0 Å². The van der Waals surface area contributed by atoms with Crippen molar-refractivity contribution in [2.24, 2.45) is 0 Å². The summed E-state index contributed by atoms with van der Waals surface area (Å²) < 4.78 is 54.1. The molecule has 0 rings (SSSR count). The average molecular weight is 600 g/mol. The highest BCUT2D eigenvalue weighted by Crippen LogP contribution is 2.57. The molecule has 0 fully saturated rings. The second-order valence-electron chi connectivity index (χ2n) is 9.81. The first-order valence-corrected chi connectivity index (χ1v) is 22.2. The van der Waals surface area contributed by atoms with Gasteiger partial charge in [0, 0.05) is 106 Å². The van der Waals surface area contributed by atoms with Gasteiger partial charge in [0.15, 0.2) is 0 Å². The predicted octanol–water partition coefficient (Wildman–Crippen LogP) is 6.81. The Balaban J connectivity index is 5.50. The minimum absolute atomic E-state index is 0.0865. The summed E-state index contributed by atoms with van der Waals surface area (Å²) in [5.41, 5.74) is 0. The molecule has 210 valence electrons. The molecule has 0 aromatic heterocycles. The molecule has 0 aromatic rings. The van der Waals surface area contributed by atoms with E-state index in [0.717, 1.165) is 0 Å². The zero-order valence-electron chi connectivity index (χ0n) is 22.6. The van der Waals surface area contributed by atoms with Crippen LogP contribution >= 0.6 is 28.6 Å². The second-order valence-corrected chi connectivity index (χ2v) is 23.6. The monoisotopic (exact) mass is 599 g/mol. The molecule has 9 nitrogen and oxygen atoms in total. The number of nitriles is 5. The highest BCUT2D eigenvalue weighted by Gasteiger charge is 2.31. The van der Waals surface area contributed by atoms with Crippen LogP contribution in [-0.2, 0) is 18.3 Å². The van der Waals surface area contributed by atoms with Gasteiger partial charge in [-0.15, -0.1) is 0 Å². The molecule has 3 atom stereocenters. The summed E-state index contributed by atoms with van der Waals surface area (Å²) in [6.45, 7) is 1.92. The van der Waals surface area contributed by atoms with Crippen molar-refractivity contribution in [1.29, 1.82) is 26.3 Å². The Kier molecular flexibility index (Phi) is 18.6. The van der Waals surface area contributed by atoms with E-state index in [1.165, 1.54) is 0 Å². The van der Waals surface area contributed by atoms with Crippen molar-refractivity contribution in [3.05, 3.63) is 0 Å². The summed E-state index contributed by atoms with van der Waals surface area (Å²) in [7, 11) is -11.3. The van der Waals surface area contributed by atoms with E-state index in [2.05, 4.69) is 0 Å². The standard InChI is InChI=1S/C25H41N5O4P4/c1-2-14-35(31,15-3-9-26)22-23-37(33,18-6-12-29)20-8-21-38(34,19-7-13-30)25-24-36(32,16-4-10-27)17-5-11-28/h2-8,14-25H2,1H3. The van der Waals surface area contributed by atoms with Crippen LogP contribution in [0.5, 0.6) is 0 Å². The summed E-state index contributed by atoms with van der Waals surface area (Å²) in [6, 6.07) is 10.1. The summed E-state index contributed by atoms with van der Waals surface area (Å²) in [6.07, 6.45) is 4.51. The summed E-state index contributed by atoms with van der Waals surface area (Å²) >= 11 is 0. The fourth-order valence-electron chi connectivity index (χ4n) is 4.39. The topological polar surface area (TPSA) is 187 Å². The lowest BCUT2D eigenvalue weighted by Gasteiger charge is -2.24. The molecular weight excluding hydrogens is 558 g/mol. The summed E-state index contributed by atoms with van der Waals surface area (Å²) in [5, 5.41) is 44.9. The van der Waals surface area contributed by atoms with Gasteiger partial charge in [-0.05, 0) is 12.8 Å². The number of nitrogens with zero attached hydrogens (tertiary/aromatic N) is 5. The Morgan fingerprint density at radius 1 is 0.395 bits per heavy atom. The smallest absolute Gasteiger partial charge is 0.0902 e. The first-order chi connectivity index (χ1) is 18.0. The third-order valence-corrected chi connectivity index (χ3v) is 20.3. The van der Waals surface area contributed by atoms with Crippen LogP contribution in [0.1, 0.15) is 51.9 Å². The lowest BCUT2D eigenvalue weighted by molar-refractivity contribution is 0.564. The van der Waals surface area contributed by atoms with Crippen molar-refractivity contribution in [2.75, 3.05) is 73.9 Å². The quantitative estimate of drug-likeness (QED) is 0.120. The number of rotatable bonds is 22. The molecule has 0 aromatic carbocycles. The average Bonchev–Trinajstić information content (AvgIpc) is 2.90. The molecule has 0 saturated heterocycles. The Labute approximate surface area is 229 Å². The van der Waals surface area contributed by atoms with Crippen LogP contribution in [0.15, 0.2) is 0 Å². The fourth-order valence-corrected chi connectivity index (χ4v) is 18.0. The molecule has 0 N–H and O–H groups in total. The van der Waals surface area contributed by atoms with Gasteiger partial charge in [0.05, 0.1) is 58.9 Å². The van der Waals surface area contributed by atoms with E-state index < -0.39 is 28.6 Å². The first kappa shape index (κ1) is 36.4. The number of hydrogen-bond acceptors (Lipinski definition) is 9. The van der Waals surface area contributed by atoms with Gasteiger partial charge in [0.2, 0.25) is 0 Å². The molecular formula is C25H41N5O4P4. The van der Waals surface area contributed by atoms with Crippen LogP contribution in [-0.4, -0.2) is 73.9 Å². The predicted molar refractivity (Wildman–Crippen MR) is 155 cm³/mol. The van der Waals surface area contributed by atoms with Gasteiger partial charge in [-0.2, -0.15) is 26.3 Å². The van der Waals surface area contributed by atoms with Crippen molar-refractivity contribution < 1.29 is 18.3 Å². The Hall–Kier alpha value is -1.63. The molecule has 0 bridgehead atoms. The SMILES string of the molecule is CCCP(=O)(CCC#N)CCP(=O)(CCC#N)CCCP(=O)(CCC#N)CCP(=O)(CCC#N)CCC#N. The molecule has 0 aliphatic carbocycles. The highest BCUT2D eigenvalue weighted by molar-refractivity contribution is 7.68. The molecule has 13 heteroatoms. The van der Waals surface area contributed by atoms with E-state index in [-0.39, 0.29) is 93.7 Å². The zero-order chi connectivity index (χ0) is 29.0. The summed E-state index contributed by atoms with van der Waals surface area (Å²) in [5.74, 6) is 0. The molecule has 0 heterocycles. The minimum Gasteiger partial charge on any atom is -0.324 e. The van der Waals surface area contributed by atoms with E-state index in [9.17, 15) is 18.3 Å². The zero-order valence-corrected chi connectivity index (χ0v) is 26.2. The van der Waals surface area contributed by atoms with E-state index in [4.69, 9.17) is 26.3 Å². The maximum Gasteiger partial charge on any atom is 0.0902 e. The molecule has 0 spiro atoms. The van der Waals surface area contributed by atoms with Gasteiger partial charge >= 0.3 is 0 Å². The molecule has 3 unspecified atom stereocenters. The van der Waals surface area contributed by atoms with Crippen LogP contribution in [0.4, 0.5) is 0 Å². The lowest BCUT2D eigenvalue weighted by atomic mass is 10.5. The van der Waals surface area contributed by atoms with Gasteiger partial charge in [0.25, 0.3) is 0 Å². The van der Waals surface area contributed by atoms with E-state index in [1.54, 1.807) is 0 Å². The van der Waals surface area contributed by atoms with Gasteiger partial charge in [0.1, 0.15) is 0 Å². The number of hydrogen-bond donors (Lipinski definition) is 0. The van der Waals surface area contributed by atoms with Crippen molar-refractivity contribution >= 4 is 28.6 Å². The van der Waals surface area contributed by atoms with Crippen LogP contribution in [0, 0.1) is 56.7 Å². The van der Waals surface area contributed by atoms with Crippen LogP contribution < -0.4 is 0 Å². The molecule has 38 heavy (non-hydrogen) atoms. The second kappa shape index (κ2) is 19.4. The van der Waals surface area contributed by atoms with Crippen molar-refractivity contribution in [3.63, 3.8) is 0 Å². The van der Waals surface area contributed by atoms with Crippen LogP contribution in [0.25, 0.3) is 0 Å². The van der Waals surface area contributed by atoms with Gasteiger partial charge in [-0.1, -0.05) is 6.92 Å². The normalized spacial score (nSPS) is 15.8. The van der Waals surface area contributed by atoms with Crippen molar-refractivity contribution in [2.45, 2.75) is 51.9 Å². The summed E-state index contributed by atoms with van der Waals surface area (Å²) in [4.78, 5) is 0. The Morgan fingerprint density at radius 3 is 0.868 bits per heavy atom. The van der Waals surface area contributed by atoms with Crippen molar-refractivity contribution in [3.8, 4) is 30.3 Å². The van der Waals surface area contributed by atoms with Gasteiger partial charge in [-0.25, -0.2) is 0 Å². The first-order valence-electron chi connectivity index (χ1n) is 13.1. The van der Waals surface area contributed by atoms with Crippen LogP contribution in [0.2, 0.25) is 0 Å². The van der Waals surface area contributed by atoms with Gasteiger partial charge < -0.3 is 18.3 Å². The molecule has 0 saturated carbocycles. The lowest BCUT2D eigenvalue weighted by Crippen LogP contribution is -2.11. The molecule has 0 amide bonds. The molecule has 0 aliphatic rings. The molecule has 0 radical (unpaired) electrons. The molecule has 0 aliphatic heterocycles. The maximum atomic E-state index is 13.8.